The van der Waals surface area contributed by atoms with Gasteiger partial charge in [-0.3, -0.25) is 0 Å². The normalized spacial score (nSPS) is 13.9. The Bertz CT molecular complexity index is 362. The second-order valence-electron chi connectivity index (χ2n) is 4.86. The van der Waals surface area contributed by atoms with E-state index in [1.54, 1.807) is 6.92 Å². The molecule has 15 heavy (non-hydrogen) atoms. The van der Waals surface area contributed by atoms with Crippen LogP contribution in [0.1, 0.15) is 44.9 Å². The first kappa shape index (κ1) is 11.9. The molecule has 0 heterocycles. The Morgan fingerprint density at radius 1 is 1.13 bits per heavy atom. The number of phenols is 2. The monoisotopic (exact) mass is 210 g/mol. The van der Waals surface area contributed by atoms with Crippen LogP contribution in [0.15, 0.2) is 12.1 Å². The molecule has 3 N–H and O–H groups in total. The highest BCUT2D eigenvalue weighted by Crippen LogP contribution is 2.38. The molecule has 0 aliphatic carbocycles. The minimum absolute atomic E-state index is 0.0263. The number of rotatable bonds is 1. The highest BCUT2D eigenvalue weighted by molar-refractivity contribution is 5.49. The molecule has 0 saturated carbocycles. The lowest BCUT2D eigenvalue weighted by molar-refractivity contribution is 0.195. The van der Waals surface area contributed by atoms with Crippen LogP contribution in [0, 0.1) is 0 Å². The summed E-state index contributed by atoms with van der Waals surface area (Å²) in [4.78, 5) is 0. The van der Waals surface area contributed by atoms with Gasteiger partial charge in [0.25, 0.3) is 0 Å². The Hall–Kier alpha value is -1.22. The largest absolute Gasteiger partial charge is 0.508 e. The predicted octanol–water partition coefficient (Wildman–Crippen LogP) is 2.45. The molecule has 1 aromatic rings. The van der Waals surface area contributed by atoms with Gasteiger partial charge in [-0.25, -0.2) is 0 Å². The molecule has 0 saturated heterocycles. The Labute approximate surface area is 90.0 Å². The lowest BCUT2D eigenvalue weighted by Crippen LogP contribution is -2.15. The molecule has 0 radical (unpaired) electrons. The molecule has 0 fully saturated rings. The first-order valence-electron chi connectivity index (χ1n) is 4.98. The summed E-state index contributed by atoms with van der Waals surface area (Å²) in [5, 5.41) is 28.7. The number of phenolic OH excluding ortho intramolecular Hbond substituents is 2. The van der Waals surface area contributed by atoms with E-state index in [0.717, 1.165) is 0 Å². The molecule has 0 aliphatic rings. The van der Waals surface area contributed by atoms with E-state index in [-0.39, 0.29) is 16.9 Å². The maximum absolute atomic E-state index is 9.79. The molecule has 1 unspecified atom stereocenters. The van der Waals surface area contributed by atoms with Gasteiger partial charge in [0, 0.05) is 11.6 Å². The summed E-state index contributed by atoms with van der Waals surface area (Å²) in [7, 11) is 0. The molecule has 84 valence electrons. The topological polar surface area (TPSA) is 60.7 Å². The van der Waals surface area contributed by atoms with Gasteiger partial charge in [-0.2, -0.15) is 0 Å². The number of aliphatic hydroxyl groups is 1. The van der Waals surface area contributed by atoms with Gasteiger partial charge in [-0.05, 0) is 24.0 Å². The standard InChI is InChI=1S/C12H18O3/c1-7(13)9-5-8(14)6-10(15)11(9)12(2,3)4/h5-7,13-15H,1-4H3. The molecule has 1 atom stereocenters. The summed E-state index contributed by atoms with van der Waals surface area (Å²) < 4.78 is 0. The van der Waals surface area contributed by atoms with Crippen molar-refractivity contribution < 1.29 is 15.3 Å². The number of aromatic hydroxyl groups is 2. The minimum atomic E-state index is -0.711. The fourth-order valence-electron chi connectivity index (χ4n) is 1.78. The molecular weight excluding hydrogens is 192 g/mol. The van der Waals surface area contributed by atoms with Crippen molar-refractivity contribution in [3.63, 3.8) is 0 Å². The van der Waals surface area contributed by atoms with E-state index in [2.05, 4.69) is 0 Å². The molecule has 3 heteroatoms. The van der Waals surface area contributed by atoms with Crippen molar-refractivity contribution in [2.24, 2.45) is 0 Å². The van der Waals surface area contributed by atoms with Gasteiger partial charge in [-0.15, -0.1) is 0 Å². The second-order valence-corrected chi connectivity index (χ2v) is 4.86. The van der Waals surface area contributed by atoms with E-state index >= 15 is 0 Å². The third kappa shape index (κ3) is 2.42. The highest BCUT2D eigenvalue weighted by atomic mass is 16.3. The van der Waals surface area contributed by atoms with E-state index in [9.17, 15) is 15.3 Å². The summed E-state index contributed by atoms with van der Waals surface area (Å²) in [6.07, 6.45) is -0.711. The van der Waals surface area contributed by atoms with Gasteiger partial charge in [0.2, 0.25) is 0 Å². The Kier molecular flexibility index (Phi) is 2.95. The van der Waals surface area contributed by atoms with Crippen molar-refractivity contribution in [2.45, 2.75) is 39.2 Å². The molecule has 1 aromatic carbocycles. The molecule has 0 aliphatic heterocycles. The molecule has 0 aromatic heterocycles. The number of hydrogen-bond donors (Lipinski definition) is 3. The van der Waals surface area contributed by atoms with Crippen LogP contribution in [0.2, 0.25) is 0 Å². The Balaban J connectivity index is 3.48. The van der Waals surface area contributed by atoms with Crippen molar-refractivity contribution in [1.29, 1.82) is 0 Å². The van der Waals surface area contributed by atoms with Crippen molar-refractivity contribution >= 4 is 0 Å². The number of aliphatic hydroxyl groups excluding tert-OH is 1. The van der Waals surface area contributed by atoms with Crippen LogP contribution in [0.3, 0.4) is 0 Å². The quantitative estimate of drug-likeness (QED) is 0.667. The van der Waals surface area contributed by atoms with E-state index in [1.165, 1.54) is 12.1 Å². The van der Waals surface area contributed by atoms with Crippen LogP contribution in [-0.2, 0) is 5.41 Å². The van der Waals surface area contributed by atoms with Gasteiger partial charge in [0.1, 0.15) is 11.5 Å². The zero-order chi connectivity index (χ0) is 11.8. The van der Waals surface area contributed by atoms with Crippen molar-refractivity contribution in [3.05, 3.63) is 23.3 Å². The fraction of sp³-hybridized carbons (Fsp3) is 0.500. The molecular formula is C12H18O3. The summed E-state index contributed by atoms with van der Waals surface area (Å²) >= 11 is 0. The molecule has 0 bridgehead atoms. The zero-order valence-corrected chi connectivity index (χ0v) is 9.57. The van der Waals surface area contributed by atoms with Gasteiger partial charge in [0.05, 0.1) is 6.10 Å². The number of hydrogen-bond acceptors (Lipinski definition) is 3. The third-order valence-electron chi connectivity index (χ3n) is 2.33. The van der Waals surface area contributed by atoms with Gasteiger partial charge < -0.3 is 15.3 Å². The average molecular weight is 210 g/mol. The maximum atomic E-state index is 9.79. The van der Waals surface area contributed by atoms with Crippen molar-refractivity contribution in [2.75, 3.05) is 0 Å². The van der Waals surface area contributed by atoms with E-state index in [0.29, 0.717) is 11.1 Å². The number of benzene rings is 1. The molecule has 1 rings (SSSR count). The predicted molar refractivity (Wildman–Crippen MR) is 59.1 cm³/mol. The summed E-state index contributed by atoms with van der Waals surface area (Å²) in [6.45, 7) is 7.46. The summed E-state index contributed by atoms with van der Waals surface area (Å²) in [5.41, 5.74) is 0.972. The molecule has 3 nitrogen and oxygen atoms in total. The van der Waals surface area contributed by atoms with Crippen molar-refractivity contribution in [1.82, 2.24) is 0 Å². The Morgan fingerprint density at radius 3 is 2.07 bits per heavy atom. The first-order valence-corrected chi connectivity index (χ1v) is 4.98. The summed E-state index contributed by atoms with van der Waals surface area (Å²) in [5.74, 6) is -0.00481. The van der Waals surface area contributed by atoms with Gasteiger partial charge in [-0.1, -0.05) is 20.8 Å². The lowest BCUT2D eigenvalue weighted by atomic mass is 9.81. The minimum Gasteiger partial charge on any atom is -0.508 e. The van der Waals surface area contributed by atoms with E-state index in [4.69, 9.17) is 0 Å². The van der Waals surface area contributed by atoms with Crippen LogP contribution >= 0.6 is 0 Å². The Morgan fingerprint density at radius 2 is 1.67 bits per heavy atom. The molecule has 0 spiro atoms. The van der Waals surface area contributed by atoms with Crippen LogP contribution in [0.25, 0.3) is 0 Å². The lowest BCUT2D eigenvalue weighted by Gasteiger charge is -2.25. The van der Waals surface area contributed by atoms with Crippen LogP contribution in [0.5, 0.6) is 11.5 Å². The van der Waals surface area contributed by atoms with E-state index < -0.39 is 6.10 Å². The SMILES string of the molecule is CC(O)c1cc(O)cc(O)c1C(C)(C)C. The maximum Gasteiger partial charge on any atom is 0.123 e. The van der Waals surface area contributed by atoms with Crippen LogP contribution < -0.4 is 0 Å². The average Bonchev–Trinajstić information content (AvgIpc) is 1.99. The summed E-state index contributed by atoms with van der Waals surface area (Å²) in [6, 6.07) is 2.79. The van der Waals surface area contributed by atoms with Gasteiger partial charge >= 0.3 is 0 Å². The third-order valence-corrected chi connectivity index (χ3v) is 2.33. The smallest absolute Gasteiger partial charge is 0.123 e. The fourth-order valence-corrected chi connectivity index (χ4v) is 1.78. The highest BCUT2D eigenvalue weighted by Gasteiger charge is 2.24. The molecule has 0 amide bonds. The van der Waals surface area contributed by atoms with Gasteiger partial charge in [0.15, 0.2) is 0 Å². The van der Waals surface area contributed by atoms with Crippen LogP contribution in [0.4, 0.5) is 0 Å². The zero-order valence-electron chi connectivity index (χ0n) is 9.57. The first-order chi connectivity index (χ1) is 6.73. The second kappa shape index (κ2) is 3.74. The van der Waals surface area contributed by atoms with Crippen molar-refractivity contribution in [3.8, 4) is 11.5 Å². The van der Waals surface area contributed by atoms with Crippen LogP contribution in [-0.4, -0.2) is 15.3 Å². The van der Waals surface area contributed by atoms with E-state index in [1.807, 2.05) is 20.8 Å².